The Bertz CT molecular complexity index is 447. The van der Waals surface area contributed by atoms with Crippen LogP contribution in [0.15, 0.2) is 24.5 Å². The molecule has 4 heteroatoms. The van der Waals surface area contributed by atoms with Crippen LogP contribution in [0.5, 0.6) is 0 Å². The van der Waals surface area contributed by atoms with Crippen molar-refractivity contribution >= 4 is 0 Å². The van der Waals surface area contributed by atoms with Crippen LogP contribution in [0.1, 0.15) is 11.5 Å². The molecule has 0 fully saturated rings. The van der Waals surface area contributed by atoms with Crippen molar-refractivity contribution in [1.29, 1.82) is 0 Å². The summed E-state index contributed by atoms with van der Waals surface area (Å²) in [5.74, 6) is 1.02. The van der Waals surface area contributed by atoms with Gasteiger partial charge in [-0.25, -0.2) is 4.98 Å². The first-order valence-electron chi connectivity index (χ1n) is 5.41. The number of imidazole rings is 1. The molecule has 0 saturated carbocycles. The molecule has 0 amide bonds. The van der Waals surface area contributed by atoms with Gasteiger partial charge in [-0.2, -0.15) is 0 Å². The summed E-state index contributed by atoms with van der Waals surface area (Å²) in [6, 6.07) is 3.95. The van der Waals surface area contributed by atoms with Gasteiger partial charge in [0, 0.05) is 36.6 Å². The SMILES string of the molecule is CNCCc1nc(-c2cccnc2)c(C)[nH]1. The Labute approximate surface area is 95.1 Å². The Morgan fingerprint density at radius 2 is 2.31 bits per heavy atom. The number of aryl methyl sites for hydroxylation is 1. The Balaban J connectivity index is 2.25. The van der Waals surface area contributed by atoms with Crippen molar-refractivity contribution in [2.45, 2.75) is 13.3 Å². The quantitative estimate of drug-likeness (QED) is 0.815. The fourth-order valence-electron chi connectivity index (χ4n) is 1.67. The molecule has 2 heterocycles. The average molecular weight is 216 g/mol. The third-order valence-electron chi connectivity index (χ3n) is 2.48. The first-order valence-corrected chi connectivity index (χ1v) is 5.41. The van der Waals surface area contributed by atoms with Crippen molar-refractivity contribution in [2.75, 3.05) is 13.6 Å². The fourth-order valence-corrected chi connectivity index (χ4v) is 1.67. The lowest BCUT2D eigenvalue weighted by Gasteiger charge is -1.96. The first-order chi connectivity index (χ1) is 7.81. The number of pyridine rings is 1. The first kappa shape index (κ1) is 10.8. The molecule has 0 aromatic carbocycles. The average Bonchev–Trinajstić information content (AvgIpc) is 2.69. The molecule has 0 aliphatic rings. The molecular weight excluding hydrogens is 200 g/mol. The molecule has 0 unspecified atom stereocenters. The van der Waals surface area contributed by atoms with Crippen molar-refractivity contribution in [3.05, 3.63) is 36.0 Å². The minimum atomic E-state index is 0.914. The summed E-state index contributed by atoms with van der Waals surface area (Å²) in [7, 11) is 1.94. The zero-order chi connectivity index (χ0) is 11.4. The lowest BCUT2D eigenvalue weighted by Crippen LogP contribution is -2.11. The van der Waals surface area contributed by atoms with E-state index in [1.54, 1.807) is 6.20 Å². The van der Waals surface area contributed by atoms with E-state index >= 15 is 0 Å². The number of hydrogen-bond donors (Lipinski definition) is 2. The highest BCUT2D eigenvalue weighted by Crippen LogP contribution is 2.19. The van der Waals surface area contributed by atoms with E-state index in [4.69, 9.17) is 0 Å². The van der Waals surface area contributed by atoms with Gasteiger partial charge < -0.3 is 10.3 Å². The monoisotopic (exact) mass is 216 g/mol. The summed E-state index contributed by atoms with van der Waals surface area (Å²) in [4.78, 5) is 12.0. The highest BCUT2D eigenvalue weighted by molar-refractivity contribution is 5.60. The van der Waals surface area contributed by atoms with Gasteiger partial charge in [-0.3, -0.25) is 4.98 Å². The Kier molecular flexibility index (Phi) is 3.31. The second-order valence-electron chi connectivity index (χ2n) is 3.75. The van der Waals surface area contributed by atoms with E-state index < -0.39 is 0 Å². The zero-order valence-corrected chi connectivity index (χ0v) is 9.62. The molecule has 2 rings (SSSR count). The summed E-state index contributed by atoms with van der Waals surface area (Å²) >= 11 is 0. The van der Waals surface area contributed by atoms with Gasteiger partial charge in [0.05, 0.1) is 5.69 Å². The number of nitrogens with one attached hydrogen (secondary N) is 2. The molecule has 0 aliphatic carbocycles. The van der Waals surface area contributed by atoms with Gasteiger partial charge in [0.2, 0.25) is 0 Å². The van der Waals surface area contributed by atoms with Crippen LogP contribution < -0.4 is 5.32 Å². The summed E-state index contributed by atoms with van der Waals surface area (Å²) in [5, 5.41) is 3.11. The van der Waals surface area contributed by atoms with E-state index in [0.717, 1.165) is 35.7 Å². The second kappa shape index (κ2) is 4.90. The Morgan fingerprint density at radius 1 is 1.44 bits per heavy atom. The Morgan fingerprint density at radius 3 is 3.00 bits per heavy atom. The number of H-pyrrole nitrogens is 1. The molecule has 0 radical (unpaired) electrons. The van der Waals surface area contributed by atoms with Gasteiger partial charge in [0.25, 0.3) is 0 Å². The minimum absolute atomic E-state index is 0.914. The largest absolute Gasteiger partial charge is 0.346 e. The van der Waals surface area contributed by atoms with Gasteiger partial charge in [0.15, 0.2) is 0 Å². The maximum Gasteiger partial charge on any atom is 0.108 e. The van der Waals surface area contributed by atoms with Gasteiger partial charge in [0.1, 0.15) is 5.82 Å². The van der Waals surface area contributed by atoms with Gasteiger partial charge in [-0.15, -0.1) is 0 Å². The molecule has 2 aromatic rings. The smallest absolute Gasteiger partial charge is 0.108 e. The maximum atomic E-state index is 4.58. The summed E-state index contributed by atoms with van der Waals surface area (Å²) in [5.41, 5.74) is 3.16. The summed E-state index contributed by atoms with van der Waals surface area (Å²) < 4.78 is 0. The molecule has 0 aliphatic heterocycles. The van der Waals surface area contributed by atoms with Crippen molar-refractivity contribution in [3.63, 3.8) is 0 Å². The fraction of sp³-hybridized carbons (Fsp3) is 0.333. The van der Waals surface area contributed by atoms with Gasteiger partial charge in [-0.05, 0) is 26.1 Å². The van der Waals surface area contributed by atoms with Crippen molar-refractivity contribution in [2.24, 2.45) is 0 Å². The number of hydrogen-bond acceptors (Lipinski definition) is 3. The standard InChI is InChI=1S/C12H16N4/c1-9-12(10-4-3-6-14-8-10)16-11(15-9)5-7-13-2/h3-4,6,8,13H,5,7H2,1-2H3,(H,15,16). The van der Waals surface area contributed by atoms with Gasteiger partial charge in [-0.1, -0.05) is 0 Å². The molecular formula is C12H16N4. The van der Waals surface area contributed by atoms with Crippen molar-refractivity contribution < 1.29 is 0 Å². The van der Waals surface area contributed by atoms with Crippen LogP contribution in [0, 0.1) is 6.92 Å². The molecule has 2 N–H and O–H groups in total. The van der Waals surface area contributed by atoms with Crippen molar-refractivity contribution in [3.8, 4) is 11.3 Å². The van der Waals surface area contributed by atoms with Crippen LogP contribution in [-0.4, -0.2) is 28.5 Å². The molecule has 0 atom stereocenters. The van der Waals surface area contributed by atoms with E-state index in [9.17, 15) is 0 Å². The summed E-state index contributed by atoms with van der Waals surface area (Å²) in [6.45, 7) is 2.97. The van der Waals surface area contributed by atoms with E-state index in [-0.39, 0.29) is 0 Å². The topological polar surface area (TPSA) is 53.6 Å². The minimum Gasteiger partial charge on any atom is -0.346 e. The predicted molar refractivity (Wildman–Crippen MR) is 64.2 cm³/mol. The number of nitrogens with zero attached hydrogens (tertiary/aromatic N) is 2. The van der Waals surface area contributed by atoms with Crippen LogP contribution in [0.4, 0.5) is 0 Å². The zero-order valence-electron chi connectivity index (χ0n) is 9.62. The maximum absolute atomic E-state index is 4.58. The van der Waals surface area contributed by atoms with E-state index in [0.29, 0.717) is 0 Å². The highest BCUT2D eigenvalue weighted by atomic mass is 14.9. The molecule has 0 spiro atoms. The highest BCUT2D eigenvalue weighted by Gasteiger charge is 2.08. The number of rotatable bonds is 4. The van der Waals surface area contributed by atoms with Crippen LogP contribution in [0.2, 0.25) is 0 Å². The third kappa shape index (κ3) is 2.28. The van der Waals surface area contributed by atoms with Crippen molar-refractivity contribution in [1.82, 2.24) is 20.3 Å². The summed E-state index contributed by atoms with van der Waals surface area (Å²) in [6.07, 6.45) is 4.52. The van der Waals surface area contributed by atoms with Crippen LogP contribution in [0.25, 0.3) is 11.3 Å². The molecule has 4 nitrogen and oxygen atoms in total. The molecule has 16 heavy (non-hydrogen) atoms. The normalized spacial score (nSPS) is 10.6. The molecule has 84 valence electrons. The lowest BCUT2D eigenvalue weighted by molar-refractivity contribution is 0.763. The molecule has 0 bridgehead atoms. The molecule has 0 saturated heterocycles. The predicted octanol–water partition coefficient (Wildman–Crippen LogP) is 1.54. The van der Waals surface area contributed by atoms with E-state index in [1.165, 1.54) is 0 Å². The second-order valence-corrected chi connectivity index (χ2v) is 3.75. The van der Waals surface area contributed by atoms with E-state index in [1.807, 2.05) is 32.3 Å². The number of aromatic nitrogens is 3. The lowest BCUT2D eigenvalue weighted by atomic mass is 10.2. The number of likely N-dealkylation sites (N-methyl/N-ethyl adjacent to an activating group) is 1. The van der Waals surface area contributed by atoms with Crippen LogP contribution in [0.3, 0.4) is 0 Å². The number of aromatic amines is 1. The molecule has 2 aromatic heterocycles. The van der Waals surface area contributed by atoms with E-state index in [2.05, 4.69) is 20.3 Å². The van der Waals surface area contributed by atoms with Gasteiger partial charge >= 0.3 is 0 Å². The van der Waals surface area contributed by atoms with Crippen LogP contribution >= 0.6 is 0 Å². The third-order valence-corrected chi connectivity index (χ3v) is 2.48. The Hall–Kier alpha value is -1.68. The van der Waals surface area contributed by atoms with Crippen LogP contribution in [-0.2, 0) is 6.42 Å².